The number of aliphatic hydroxyl groups excluding tert-OH is 1. The van der Waals surface area contributed by atoms with Crippen molar-refractivity contribution in [3.05, 3.63) is 35.4 Å². The quantitative estimate of drug-likeness (QED) is 0.851. The highest BCUT2D eigenvalue weighted by atomic mass is 16.5. The van der Waals surface area contributed by atoms with E-state index < -0.39 is 0 Å². The molecule has 1 N–H and O–H groups in total. The molecule has 1 aliphatic carbocycles. The van der Waals surface area contributed by atoms with Gasteiger partial charge in [0.15, 0.2) is 0 Å². The molecule has 0 aromatic heterocycles. The topological polar surface area (TPSA) is 55.8 Å². The zero-order valence-corrected chi connectivity index (χ0v) is 12.4. The summed E-state index contributed by atoms with van der Waals surface area (Å²) < 4.78 is 10.7. The van der Waals surface area contributed by atoms with E-state index >= 15 is 0 Å². The molecule has 21 heavy (non-hydrogen) atoms. The van der Waals surface area contributed by atoms with Crippen molar-refractivity contribution in [3.8, 4) is 0 Å². The minimum absolute atomic E-state index is 0.0368. The van der Waals surface area contributed by atoms with E-state index in [0.29, 0.717) is 5.56 Å². The van der Waals surface area contributed by atoms with E-state index in [0.717, 1.165) is 44.3 Å². The maximum absolute atomic E-state index is 11.5. The van der Waals surface area contributed by atoms with Crippen LogP contribution < -0.4 is 0 Å². The predicted octanol–water partition coefficient (Wildman–Crippen LogP) is 2.65. The lowest BCUT2D eigenvalue weighted by Gasteiger charge is -2.40. The molecular weight excluding hydrogens is 268 g/mol. The van der Waals surface area contributed by atoms with Gasteiger partial charge in [0.05, 0.1) is 24.4 Å². The maximum atomic E-state index is 11.5. The van der Waals surface area contributed by atoms with Crippen molar-refractivity contribution in [3.63, 3.8) is 0 Å². The molecule has 0 amide bonds. The summed E-state index contributed by atoms with van der Waals surface area (Å²) in [7, 11) is 1.38. The number of aliphatic hydroxyl groups is 1. The molecule has 4 nitrogen and oxygen atoms in total. The lowest BCUT2D eigenvalue weighted by Crippen LogP contribution is -2.40. The summed E-state index contributed by atoms with van der Waals surface area (Å²) in [6.07, 6.45) is 4.48. The van der Waals surface area contributed by atoms with Gasteiger partial charge < -0.3 is 14.6 Å². The number of hydrogen-bond acceptors (Lipinski definition) is 4. The molecule has 1 saturated heterocycles. The second-order valence-electron chi connectivity index (χ2n) is 6.17. The summed E-state index contributed by atoms with van der Waals surface area (Å²) >= 11 is 0. The van der Waals surface area contributed by atoms with Crippen molar-refractivity contribution in [2.75, 3.05) is 13.7 Å². The van der Waals surface area contributed by atoms with E-state index in [2.05, 4.69) is 0 Å². The van der Waals surface area contributed by atoms with Gasteiger partial charge >= 0.3 is 5.97 Å². The summed E-state index contributed by atoms with van der Waals surface area (Å²) in [5, 5.41) is 10.3. The number of carbonyl (C=O) groups is 1. The molecule has 1 heterocycles. The zero-order chi connectivity index (χ0) is 14.9. The number of hydrogen-bond donors (Lipinski definition) is 1. The third-order valence-electron chi connectivity index (χ3n) is 4.90. The molecule has 1 aromatic rings. The van der Waals surface area contributed by atoms with Crippen LogP contribution in [0.3, 0.4) is 0 Å². The average Bonchev–Trinajstić information content (AvgIpc) is 2.98. The minimum atomic E-state index is -0.332. The highest BCUT2D eigenvalue weighted by molar-refractivity contribution is 5.89. The third-order valence-corrected chi connectivity index (χ3v) is 4.90. The Bertz CT molecular complexity index is 502. The predicted molar refractivity (Wildman–Crippen MR) is 78.3 cm³/mol. The Balaban J connectivity index is 1.79. The Morgan fingerprint density at radius 2 is 2.10 bits per heavy atom. The number of esters is 1. The van der Waals surface area contributed by atoms with Crippen LogP contribution in [-0.4, -0.2) is 36.5 Å². The van der Waals surface area contributed by atoms with Gasteiger partial charge in [0.25, 0.3) is 0 Å². The van der Waals surface area contributed by atoms with Gasteiger partial charge in [0, 0.05) is 12.5 Å². The number of carbonyl (C=O) groups excluding carboxylic acids is 1. The highest BCUT2D eigenvalue weighted by Crippen LogP contribution is 2.45. The lowest BCUT2D eigenvalue weighted by molar-refractivity contribution is -0.0610. The molecule has 114 valence electrons. The Labute approximate surface area is 125 Å². The van der Waals surface area contributed by atoms with Crippen LogP contribution in [0.5, 0.6) is 0 Å². The van der Waals surface area contributed by atoms with Gasteiger partial charge in [-0.2, -0.15) is 0 Å². The fourth-order valence-electron chi connectivity index (χ4n) is 3.69. The molecule has 2 aliphatic rings. The van der Waals surface area contributed by atoms with Crippen LogP contribution in [0.2, 0.25) is 0 Å². The van der Waals surface area contributed by atoms with E-state index in [9.17, 15) is 9.90 Å². The molecule has 0 radical (unpaired) electrons. The van der Waals surface area contributed by atoms with E-state index in [-0.39, 0.29) is 23.6 Å². The Morgan fingerprint density at radius 1 is 1.33 bits per heavy atom. The molecule has 2 fully saturated rings. The Morgan fingerprint density at radius 3 is 2.71 bits per heavy atom. The van der Waals surface area contributed by atoms with Crippen molar-refractivity contribution in [2.24, 2.45) is 0 Å². The van der Waals surface area contributed by atoms with Gasteiger partial charge in [-0.25, -0.2) is 4.79 Å². The van der Waals surface area contributed by atoms with E-state index in [1.54, 1.807) is 12.1 Å². The molecule has 1 unspecified atom stereocenters. The summed E-state index contributed by atoms with van der Waals surface area (Å²) in [6.45, 7) is 0.837. The van der Waals surface area contributed by atoms with Crippen molar-refractivity contribution in [1.82, 2.24) is 0 Å². The van der Waals surface area contributed by atoms with Crippen LogP contribution in [0.1, 0.15) is 53.9 Å². The molecule has 1 saturated carbocycles. The molecule has 4 heteroatoms. The first-order valence-electron chi connectivity index (χ1n) is 7.64. The van der Waals surface area contributed by atoms with Crippen LogP contribution >= 0.6 is 0 Å². The van der Waals surface area contributed by atoms with E-state index in [4.69, 9.17) is 9.47 Å². The van der Waals surface area contributed by atoms with Gasteiger partial charge in [-0.05, 0) is 49.8 Å². The van der Waals surface area contributed by atoms with E-state index in [1.165, 1.54) is 7.11 Å². The van der Waals surface area contributed by atoms with Gasteiger partial charge in [-0.15, -0.1) is 0 Å². The van der Waals surface area contributed by atoms with Gasteiger partial charge in [-0.3, -0.25) is 0 Å². The molecule has 3 atom stereocenters. The van der Waals surface area contributed by atoms with Crippen molar-refractivity contribution in [1.29, 1.82) is 0 Å². The molecule has 1 spiro atoms. The van der Waals surface area contributed by atoms with Gasteiger partial charge in [-0.1, -0.05) is 12.1 Å². The lowest BCUT2D eigenvalue weighted by atomic mass is 9.72. The standard InChI is InChI=1S/C17H22O4/c1-20-16(19)13-5-3-12(4-6-13)14-11-17(8-2-10-21-17)9-7-15(14)18/h3-6,14-15,18H,2,7-11H2,1H3/t14-,15-,17?/m0/s1. The van der Waals surface area contributed by atoms with Crippen LogP contribution in [0.15, 0.2) is 24.3 Å². The van der Waals surface area contributed by atoms with Crippen LogP contribution in [0, 0.1) is 0 Å². The van der Waals surface area contributed by atoms with Crippen molar-refractivity contribution >= 4 is 5.97 Å². The number of ether oxygens (including phenoxy) is 2. The Kier molecular flexibility index (Phi) is 4.00. The smallest absolute Gasteiger partial charge is 0.337 e. The number of rotatable bonds is 2. The maximum Gasteiger partial charge on any atom is 0.337 e. The summed E-state index contributed by atoms with van der Waals surface area (Å²) in [5.41, 5.74) is 1.58. The zero-order valence-electron chi connectivity index (χ0n) is 12.4. The minimum Gasteiger partial charge on any atom is -0.465 e. The fraction of sp³-hybridized carbons (Fsp3) is 0.588. The summed E-state index contributed by atoms with van der Waals surface area (Å²) in [5.74, 6) is -0.245. The van der Waals surface area contributed by atoms with Crippen LogP contribution in [0.25, 0.3) is 0 Å². The number of methoxy groups -OCH3 is 1. The SMILES string of the molecule is COC(=O)c1ccc([C@@H]2CC3(CCCO3)CC[C@@H]2O)cc1. The monoisotopic (exact) mass is 290 g/mol. The van der Waals surface area contributed by atoms with Crippen molar-refractivity contribution < 1.29 is 19.4 Å². The van der Waals surface area contributed by atoms with Gasteiger partial charge in [0.2, 0.25) is 0 Å². The molecule has 1 aliphatic heterocycles. The third kappa shape index (κ3) is 2.83. The number of benzene rings is 1. The van der Waals surface area contributed by atoms with Crippen LogP contribution in [-0.2, 0) is 9.47 Å². The second-order valence-corrected chi connectivity index (χ2v) is 6.17. The second kappa shape index (κ2) is 5.78. The first kappa shape index (κ1) is 14.5. The summed E-state index contributed by atoms with van der Waals surface area (Å²) in [4.78, 5) is 11.5. The van der Waals surface area contributed by atoms with Crippen molar-refractivity contribution in [2.45, 2.75) is 49.7 Å². The van der Waals surface area contributed by atoms with Crippen LogP contribution in [0.4, 0.5) is 0 Å². The van der Waals surface area contributed by atoms with E-state index in [1.807, 2.05) is 12.1 Å². The first-order valence-corrected chi connectivity index (χ1v) is 7.64. The Hall–Kier alpha value is -1.39. The average molecular weight is 290 g/mol. The molecular formula is C17H22O4. The van der Waals surface area contributed by atoms with Gasteiger partial charge in [0.1, 0.15) is 0 Å². The highest BCUT2D eigenvalue weighted by Gasteiger charge is 2.43. The molecule has 1 aromatic carbocycles. The molecule has 3 rings (SSSR count). The largest absolute Gasteiger partial charge is 0.465 e. The first-order chi connectivity index (χ1) is 10.1. The normalized spacial score (nSPS) is 32.3. The molecule has 0 bridgehead atoms. The fourth-order valence-corrected chi connectivity index (χ4v) is 3.69. The summed E-state index contributed by atoms with van der Waals surface area (Å²) in [6, 6.07) is 7.39.